The first-order valence-electron chi connectivity index (χ1n) is 6.36. The zero-order chi connectivity index (χ0) is 15.3. The Morgan fingerprint density at radius 3 is 2.48 bits per heavy atom. The van der Waals surface area contributed by atoms with Gasteiger partial charge in [0.05, 0.1) is 17.3 Å². The van der Waals surface area contributed by atoms with Crippen LogP contribution in [-0.4, -0.2) is 15.0 Å². The van der Waals surface area contributed by atoms with Gasteiger partial charge < -0.3 is 5.73 Å². The summed E-state index contributed by atoms with van der Waals surface area (Å²) in [5.41, 5.74) is 7.14. The molecule has 0 atom stereocenters. The Labute approximate surface area is 124 Å². The molecule has 0 saturated heterocycles. The van der Waals surface area contributed by atoms with E-state index in [1.165, 1.54) is 18.2 Å². The largest absolute Gasteiger partial charge is 0.398 e. The van der Waals surface area contributed by atoms with Crippen molar-refractivity contribution in [3.8, 4) is 6.07 Å². The third kappa shape index (κ3) is 3.81. The first-order chi connectivity index (χ1) is 10.0. The molecule has 0 aliphatic rings. The van der Waals surface area contributed by atoms with Gasteiger partial charge in [-0.15, -0.1) is 0 Å². The van der Waals surface area contributed by atoms with E-state index in [0.29, 0.717) is 12.0 Å². The molecule has 0 aliphatic heterocycles. The highest BCUT2D eigenvalue weighted by molar-refractivity contribution is 7.89. The van der Waals surface area contributed by atoms with Crippen LogP contribution in [0.4, 0.5) is 5.69 Å². The van der Waals surface area contributed by atoms with Gasteiger partial charge in [0.2, 0.25) is 10.0 Å². The van der Waals surface area contributed by atoms with Crippen molar-refractivity contribution in [3.05, 3.63) is 59.7 Å². The van der Waals surface area contributed by atoms with Crippen molar-refractivity contribution in [2.45, 2.75) is 11.3 Å². The number of anilines is 1. The van der Waals surface area contributed by atoms with E-state index >= 15 is 0 Å². The molecule has 108 valence electrons. The van der Waals surface area contributed by atoms with Crippen LogP contribution in [0.25, 0.3) is 0 Å². The minimum absolute atomic E-state index is 0.00504. The molecule has 2 aromatic carbocycles. The lowest BCUT2D eigenvalue weighted by Crippen LogP contribution is -2.26. The van der Waals surface area contributed by atoms with Crippen molar-refractivity contribution < 1.29 is 8.42 Å². The second kappa shape index (κ2) is 6.39. The smallest absolute Gasteiger partial charge is 0.242 e. The number of nitrogens with two attached hydrogens (primary N) is 1. The predicted octanol–water partition coefficient (Wildman–Crippen LogP) is 1.66. The van der Waals surface area contributed by atoms with Gasteiger partial charge in [0.25, 0.3) is 0 Å². The number of nitrogens with zero attached hydrogens (tertiary/aromatic N) is 1. The molecule has 2 aromatic rings. The molecule has 0 aromatic heterocycles. The van der Waals surface area contributed by atoms with Gasteiger partial charge >= 0.3 is 0 Å². The van der Waals surface area contributed by atoms with Crippen molar-refractivity contribution in [3.63, 3.8) is 0 Å². The number of hydrogen-bond acceptors (Lipinski definition) is 4. The van der Waals surface area contributed by atoms with Crippen molar-refractivity contribution in [1.82, 2.24) is 4.72 Å². The van der Waals surface area contributed by atoms with Crippen LogP contribution in [0.3, 0.4) is 0 Å². The summed E-state index contributed by atoms with van der Waals surface area (Å²) in [6, 6.07) is 15.6. The Bertz CT molecular complexity index is 765. The second-order valence-corrected chi connectivity index (χ2v) is 6.23. The molecule has 0 heterocycles. The minimum atomic E-state index is -3.67. The molecule has 6 heteroatoms. The van der Waals surface area contributed by atoms with Crippen LogP contribution in [0, 0.1) is 11.3 Å². The van der Waals surface area contributed by atoms with Gasteiger partial charge in [-0.1, -0.05) is 30.3 Å². The zero-order valence-corrected chi connectivity index (χ0v) is 12.1. The van der Waals surface area contributed by atoms with Crippen molar-refractivity contribution in [2.24, 2.45) is 0 Å². The summed E-state index contributed by atoms with van der Waals surface area (Å²) < 4.78 is 26.8. The highest BCUT2D eigenvalue weighted by atomic mass is 32.2. The topological polar surface area (TPSA) is 96.0 Å². The van der Waals surface area contributed by atoms with Gasteiger partial charge in [-0.2, -0.15) is 5.26 Å². The number of benzene rings is 2. The van der Waals surface area contributed by atoms with E-state index in [0.717, 1.165) is 5.56 Å². The number of hydrogen-bond donors (Lipinski definition) is 2. The lowest BCUT2D eigenvalue weighted by molar-refractivity contribution is 0.582. The van der Waals surface area contributed by atoms with E-state index in [1.54, 1.807) is 0 Å². The van der Waals surface area contributed by atoms with E-state index in [9.17, 15) is 8.42 Å². The molecule has 2 rings (SSSR count). The molecule has 0 fully saturated rings. The number of nitrogens with one attached hydrogen (secondary N) is 1. The first-order valence-corrected chi connectivity index (χ1v) is 7.84. The maximum absolute atomic E-state index is 12.2. The average molecular weight is 301 g/mol. The van der Waals surface area contributed by atoms with Gasteiger partial charge in [0.15, 0.2) is 0 Å². The van der Waals surface area contributed by atoms with Crippen molar-refractivity contribution in [1.29, 1.82) is 5.26 Å². The molecule has 0 spiro atoms. The van der Waals surface area contributed by atoms with Crippen LogP contribution in [0.1, 0.15) is 11.1 Å². The standard InChI is InChI=1S/C15H15N3O2S/c16-11-13-6-7-15(14(17)10-13)21(19,20)18-9-8-12-4-2-1-3-5-12/h1-7,10,18H,8-9,17H2. The minimum Gasteiger partial charge on any atom is -0.398 e. The molecular weight excluding hydrogens is 286 g/mol. The van der Waals surface area contributed by atoms with Crippen molar-refractivity contribution in [2.75, 3.05) is 12.3 Å². The third-order valence-corrected chi connectivity index (χ3v) is 4.51. The van der Waals surface area contributed by atoms with Crippen LogP contribution in [0.2, 0.25) is 0 Å². The Kier molecular flexibility index (Phi) is 4.58. The molecule has 3 N–H and O–H groups in total. The fourth-order valence-electron chi connectivity index (χ4n) is 1.91. The highest BCUT2D eigenvalue weighted by Crippen LogP contribution is 2.19. The molecule has 0 aliphatic carbocycles. The van der Waals surface area contributed by atoms with E-state index < -0.39 is 10.0 Å². The molecule has 0 radical (unpaired) electrons. The molecular formula is C15H15N3O2S. The Balaban J connectivity index is 2.07. The number of nitriles is 1. The lowest BCUT2D eigenvalue weighted by Gasteiger charge is -2.09. The van der Waals surface area contributed by atoms with E-state index in [-0.39, 0.29) is 17.1 Å². The summed E-state index contributed by atoms with van der Waals surface area (Å²) in [5.74, 6) is 0. The summed E-state index contributed by atoms with van der Waals surface area (Å²) in [6.07, 6.45) is 0.594. The van der Waals surface area contributed by atoms with Gasteiger partial charge in [-0.25, -0.2) is 13.1 Å². The normalized spacial score (nSPS) is 11.0. The van der Waals surface area contributed by atoms with E-state index in [1.807, 2.05) is 36.4 Å². The Morgan fingerprint density at radius 2 is 1.86 bits per heavy atom. The highest BCUT2D eigenvalue weighted by Gasteiger charge is 2.17. The van der Waals surface area contributed by atoms with Crippen LogP contribution in [-0.2, 0) is 16.4 Å². The summed E-state index contributed by atoms with van der Waals surface area (Å²) in [5, 5.41) is 8.75. The molecule has 0 unspecified atom stereocenters. The van der Waals surface area contributed by atoms with Crippen LogP contribution in [0.5, 0.6) is 0 Å². The van der Waals surface area contributed by atoms with Crippen LogP contribution < -0.4 is 10.5 Å². The van der Waals surface area contributed by atoms with Gasteiger partial charge in [0, 0.05) is 6.54 Å². The monoisotopic (exact) mass is 301 g/mol. The van der Waals surface area contributed by atoms with E-state index in [2.05, 4.69) is 4.72 Å². The zero-order valence-electron chi connectivity index (χ0n) is 11.3. The van der Waals surface area contributed by atoms with Gasteiger partial charge in [-0.3, -0.25) is 0 Å². The summed E-state index contributed by atoms with van der Waals surface area (Å²) in [4.78, 5) is -0.00504. The number of rotatable bonds is 5. The SMILES string of the molecule is N#Cc1ccc(S(=O)(=O)NCCc2ccccc2)c(N)c1. The molecule has 21 heavy (non-hydrogen) atoms. The Morgan fingerprint density at radius 1 is 1.14 bits per heavy atom. The van der Waals surface area contributed by atoms with E-state index in [4.69, 9.17) is 11.0 Å². The van der Waals surface area contributed by atoms with Crippen LogP contribution in [0.15, 0.2) is 53.4 Å². The lowest BCUT2D eigenvalue weighted by atomic mass is 10.2. The molecule has 0 amide bonds. The molecule has 5 nitrogen and oxygen atoms in total. The molecule has 0 bridgehead atoms. The summed E-state index contributed by atoms with van der Waals surface area (Å²) in [7, 11) is -3.67. The first kappa shape index (κ1) is 15.0. The van der Waals surface area contributed by atoms with Crippen molar-refractivity contribution >= 4 is 15.7 Å². The van der Waals surface area contributed by atoms with Gasteiger partial charge in [-0.05, 0) is 30.2 Å². The summed E-state index contributed by atoms with van der Waals surface area (Å²) in [6.45, 7) is 0.284. The predicted molar refractivity (Wildman–Crippen MR) is 80.9 cm³/mol. The number of nitrogen functional groups attached to an aromatic ring is 1. The fourth-order valence-corrected chi connectivity index (χ4v) is 3.06. The van der Waals surface area contributed by atoms with Crippen LogP contribution >= 0.6 is 0 Å². The van der Waals surface area contributed by atoms with Gasteiger partial charge in [0.1, 0.15) is 4.90 Å². The third-order valence-electron chi connectivity index (χ3n) is 2.98. The second-order valence-electron chi connectivity index (χ2n) is 4.50. The fraction of sp³-hybridized carbons (Fsp3) is 0.133. The summed E-state index contributed by atoms with van der Waals surface area (Å²) >= 11 is 0. The average Bonchev–Trinajstić information content (AvgIpc) is 2.47. The molecule has 0 saturated carbocycles. The maximum atomic E-state index is 12.2. The maximum Gasteiger partial charge on any atom is 0.242 e. The number of sulfonamides is 1. The Hall–Kier alpha value is -2.36. The quantitative estimate of drug-likeness (QED) is 0.821.